The molecular formula is C13H15BrN2O2S. The van der Waals surface area contributed by atoms with Gasteiger partial charge in [0.15, 0.2) is 0 Å². The summed E-state index contributed by atoms with van der Waals surface area (Å²) in [5.41, 5.74) is 1.14. The molecule has 4 nitrogen and oxygen atoms in total. The van der Waals surface area contributed by atoms with Crippen molar-refractivity contribution in [2.45, 2.75) is 11.8 Å². The number of aryl methyl sites for hydroxylation is 1. The van der Waals surface area contributed by atoms with Gasteiger partial charge in [-0.05, 0) is 30.7 Å². The third-order valence-corrected chi connectivity index (χ3v) is 4.53. The number of thioether (sulfide) groups is 1. The molecule has 0 atom stereocenters. The molecule has 6 heteroatoms. The largest absolute Gasteiger partial charge is 0.353 e. The van der Waals surface area contributed by atoms with Crippen molar-refractivity contribution in [3.8, 4) is 0 Å². The Bertz CT molecular complexity index is 507. The third kappa shape index (κ3) is 3.98. The Morgan fingerprint density at radius 2 is 2.32 bits per heavy atom. The molecule has 2 amide bonds. The lowest BCUT2D eigenvalue weighted by atomic mass is 10.2. The van der Waals surface area contributed by atoms with Crippen molar-refractivity contribution in [2.24, 2.45) is 0 Å². The minimum Gasteiger partial charge on any atom is -0.353 e. The molecule has 1 fully saturated rings. The fraction of sp³-hybridized carbons (Fsp3) is 0.385. The van der Waals surface area contributed by atoms with E-state index in [4.69, 9.17) is 0 Å². The maximum absolute atomic E-state index is 12.0. The van der Waals surface area contributed by atoms with E-state index in [-0.39, 0.29) is 18.4 Å². The van der Waals surface area contributed by atoms with Crippen LogP contribution in [0.3, 0.4) is 0 Å². The fourth-order valence-corrected chi connectivity index (χ4v) is 3.24. The first-order valence-electron chi connectivity index (χ1n) is 5.99. The number of carbonyl (C=O) groups is 2. The molecule has 0 spiro atoms. The van der Waals surface area contributed by atoms with E-state index in [0.29, 0.717) is 18.8 Å². The zero-order valence-corrected chi connectivity index (χ0v) is 13.0. The monoisotopic (exact) mass is 342 g/mol. The smallest absolute Gasteiger partial charge is 0.239 e. The van der Waals surface area contributed by atoms with E-state index in [1.54, 1.807) is 4.90 Å². The number of amides is 2. The standard InChI is InChI=1S/C13H15BrN2O2S/c1-9-6-10(14)2-3-11(9)19-8-13(18)16-5-4-15-12(17)7-16/h2-3,6H,4-5,7-8H2,1H3,(H,15,17). The molecular weight excluding hydrogens is 328 g/mol. The average Bonchev–Trinajstić information content (AvgIpc) is 2.37. The van der Waals surface area contributed by atoms with Gasteiger partial charge in [-0.15, -0.1) is 11.8 Å². The van der Waals surface area contributed by atoms with Gasteiger partial charge in [-0.25, -0.2) is 0 Å². The van der Waals surface area contributed by atoms with Crippen LogP contribution in [-0.2, 0) is 9.59 Å². The average molecular weight is 343 g/mol. The Hall–Kier alpha value is -1.01. The van der Waals surface area contributed by atoms with Crippen LogP contribution < -0.4 is 5.32 Å². The van der Waals surface area contributed by atoms with Crippen molar-refractivity contribution >= 4 is 39.5 Å². The van der Waals surface area contributed by atoms with Crippen LogP contribution >= 0.6 is 27.7 Å². The van der Waals surface area contributed by atoms with Gasteiger partial charge < -0.3 is 10.2 Å². The molecule has 1 aromatic rings. The van der Waals surface area contributed by atoms with Gasteiger partial charge in [-0.1, -0.05) is 15.9 Å². The lowest BCUT2D eigenvalue weighted by Crippen LogP contribution is -2.50. The van der Waals surface area contributed by atoms with E-state index in [0.717, 1.165) is 14.9 Å². The number of hydrogen-bond acceptors (Lipinski definition) is 3. The molecule has 1 aromatic carbocycles. The highest BCUT2D eigenvalue weighted by Crippen LogP contribution is 2.25. The predicted molar refractivity (Wildman–Crippen MR) is 79.2 cm³/mol. The van der Waals surface area contributed by atoms with Crippen molar-refractivity contribution < 1.29 is 9.59 Å². The van der Waals surface area contributed by atoms with Crippen molar-refractivity contribution in [2.75, 3.05) is 25.4 Å². The molecule has 2 rings (SSSR count). The Balaban J connectivity index is 1.91. The van der Waals surface area contributed by atoms with Gasteiger partial charge in [-0.2, -0.15) is 0 Å². The van der Waals surface area contributed by atoms with Crippen LogP contribution in [0.1, 0.15) is 5.56 Å². The normalized spacial score (nSPS) is 15.3. The molecule has 0 radical (unpaired) electrons. The first-order chi connectivity index (χ1) is 9.06. The molecule has 1 saturated heterocycles. The minimum absolute atomic E-state index is 0.0159. The van der Waals surface area contributed by atoms with Crippen molar-refractivity contribution in [3.63, 3.8) is 0 Å². The highest BCUT2D eigenvalue weighted by molar-refractivity contribution is 9.10. The topological polar surface area (TPSA) is 49.4 Å². The number of nitrogens with zero attached hydrogens (tertiary/aromatic N) is 1. The third-order valence-electron chi connectivity index (χ3n) is 2.88. The Labute approximate surface area is 125 Å². The second-order valence-electron chi connectivity index (χ2n) is 4.36. The molecule has 1 aliphatic rings. The van der Waals surface area contributed by atoms with Crippen LogP contribution in [0.4, 0.5) is 0 Å². The minimum atomic E-state index is -0.0792. The summed E-state index contributed by atoms with van der Waals surface area (Å²) in [6, 6.07) is 6.00. The van der Waals surface area contributed by atoms with Gasteiger partial charge >= 0.3 is 0 Å². The van der Waals surface area contributed by atoms with Crippen LogP contribution in [0, 0.1) is 6.92 Å². The molecule has 0 bridgehead atoms. The number of nitrogens with one attached hydrogen (secondary N) is 1. The van der Waals surface area contributed by atoms with Gasteiger partial charge in [0.25, 0.3) is 0 Å². The van der Waals surface area contributed by atoms with E-state index < -0.39 is 0 Å². The molecule has 1 N–H and O–H groups in total. The van der Waals surface area contributed by atoms with Crippen LogP contribution in [0.2, 0.25) is 0 Å². The second kappa shape index (κ2) is 6.43. The summed E-state index contributed by atoms with van der Waals surface area (Å²) in [6.07, 6.45) is 0. The summed E-state index contributed by atoms with van der Waals surface area (Å²) < 4.78 is 1.04. The van der Waals surface area contributed by atoms with Crippen LogP contribution in [0.5, 0.6) is 0 Å². The van der Waals surface area contributed by atoms with Gasteiger partial charge in [-0.3, -0.25) is 9.59 Å². The zero-order chi connectivity index (χ0) is 13.8. The molecule has 102 valence electrons. The Morgan fingerprint density at radius 3 is 3.00 bits per heavy atom. The molecule has 19 heavy (non-hydrogen) atoms. The zero-order valence-electron chi connectivity index (χ0n) is 10.6. The lowest BCUT2D eigenvalue weighted by Gasteiger charge is -2.26. The van der Waals surface area contributed by atoms with E-state index in [2.05, 4.69) is 21.2 Å². The molecule has 1 heterocycles. The van der Waals surface area contributed by atoms with Crippen molar-refractivity contribution in [3.05, 3.63) is 28.2 Å². The summed E-state index contributed by atoms with van der Waals surface area (Å²) >= 11 is 4.93. The predicted octanol–water partition coefficient (Wildman–Crippen LogP) is 1.81. The Morgan fingerprint density at radius 1 is 1.53 bits per heavy atom. The number of piperazine rings is 1. The molecule has 0 aliphatic carbocycles. The summed E-state index contributed by atoms with van der Waals surface area (Å²) in [5.74, 6) is 0.307. The highest BCUT2D eigenvalue weighted by Gasteiger charge is 2.20. The summed E-state index contributed by atoms with van der Waals surface area (Å²) in [4.78, 5) is 25.9. The lowest BCUT2D eigenvalue weighted by molar-refractivity contribution is -0.136. The second-order valence-corrected chi connectivity index (χ2v) is 6.30. The molecule has 0 aromatic heterocycles. The van der Waals surface area contributed by atoms with Gasteiger partial charge in [0.1, 0.15) is 0 Å². The summed E-state index contributed by atoms with van der Waals surface area (Å²) in [6.45, 7) is 3.35. The van der Waals surface area contributed by atoms with E-state index in [1.807, 2.05) is 25.1 Å². The number of carbonyl (C=O) groups excluding carboxylic acids is 2. The molecule has 0 saturated carbocycles. The van der Waals surface area contributed by atoms with Gasteiger partial charge in [0.05, 0.1) is 12.3 Å². The van der Waals surface area contributed by atoms with Crippen molar-refractivity contribution in [1.82, 2.24) is 10.2 Å². The van der Waals surface area contributed by atoms with Crippen LogP contribution in [-0.4, -0.2) is 42.1 Å². The maximum Gasteiger partial charge on any atom is 0.239 e. The van der Waals surface area contributed by atoms with E-state index in [1.165, 1.54) is 11.8 Å². The fourth-order valence-electron chi connectivity index (χ4n) is 1.86. The van der Waals surface area contributed by atoms with Gasteiger partial charge in [0.2, 0.25) is 11.8 Å². The number of rotatable bonds is 3. The van der Waals surface area contributed by atoms with Crippen molar-refractivity contribution in [1.29, 1.82) is 0 Å². The number of benzene rings is 1. The first-order valence-corrected chi connectivity index (χ1v) is 7.77. The summed E-state index contributed by atoms with van der Waals surface area (Å²) in [7, 11) is 0. The number of halogens is 1. The van der Waals surface area contributed by atoms with E-state index >= 15 is 0 Å². The molecule has 1 aliphatic heterocycles. The van der Waals surface area contributed by atoms with Crippen LogP contribution in [0.15, 0.2) is 27.6 Å². The first kappa shape index (κ1) is 14.4. The summed E-state index contributed by atoms with van der Waals surface area (Å²) in [5, 5.41) is 2.71. The highest BCUT2D eigenvalue weighted by atomic mass is 79.9. The molecule has 0 unspecified atom stereocenters. The van der Waals surface area contributed by atoms with Crippen LogP contribution in [0.25, 0.3) is 0 Å². The number of hydrogen-bond donors (Lipinski definition) is 1. The quantitative estimate of drug-likeness (QED) is 0.852. The SMILES string of the molecule is Cc1cc(Br)ccc1SCC(=O)N1CCNC(=O)C1. The Kier molecular flexibility index (Phi) is 4.87. The van der Waals surface area contributed by atoms with Gasteiger partial charge in [0, 0.05) is 22.5 Å². The van der Waals surface area contributed by atoms with E-state index in [9.17, 15) is 9.59 Å². The maximum atomic E-state index is 12.0.